The molecule has 0 bridgehead atoms. The van der Waals surface area contributed by atoms with E-state index < -0.39 is 6.29 Å². The van der Waals surface area contributed by atoms with Gasteiger partial charge in [-0.15, -0.1) is 0 Å². The van der Waals surface area contributed by atoms with Crippen LogP contribution in [-0.2, 0) is 39.3 Å². The summed E-state index contributed by atoms with van der Waals surface area (Å²) in [4.78, 5) is 29.3. The number of anilines is 2. The second-order valence-corrected chi connectivity index (χ2v) is 14.3. The molecular weight excluding hydrogens is 687 g/mol. The third-order valence-corrected chi connectivity index (χ3v) is 10.4. The Bertz CT molecular complexity index is 1970. The van der Waals surface area contributed by atoms with Crippen LogP contribution in [0, 0.1) is 0 Å². The maximum atomic E-state index is 12.6. The van der Waals surface area contributed by atoms with Crippen molar-refractivity contribution in [2.24, 2.45) is 7.05 Å². The fourth-order valence-corrected chi connectivity index (χ4v) is 7.22. The van der Waals surface area contributed by atoms with Crippen molar-refractivity contribution in [2.45, 2.75) is 75.3 Å². The molecule has 53 heavy (non-hydrogen) atoms. The van der Waals surface area contributed by atoms with Crippen LogP contribution < -0.4 is 16.4 Å². The highest BCUT2D eigenvalue weighted by Gasteiger charge is 2.32. The maximum absolute atomic E-state index is 12.6. The third-order valence-electron chi connectivity index (χ3n) is 9.24. The van der Waals surface area contributed by atoms with Crippen molar-refractivity contribution in [1.82, 2.24) is 14.9 Å². The summed E-state index contributed by atoms with van der Waals surface area (Å²) in [5.74, 6) is 0.637. The summed E-state index contributed by atoms with van der Waals surface area (Å²) in [5, 5.41) is 16.4. The Balaban J connectivity index is 1.03. The molecule has 1 aromatic heterocycles. The van der Waals surface area contributed by atoms with Crippen LogP contribution in [-0.4, -0.2) is 38.3 Å². The lowest BCUT2D eigenvalue weighted by Crippen LogP contribution is -2.31. The Kier molecular flexibility index (Phi) is 13.3. The summed E-state index contributed by atoms with van der Waals surface area (Å²) >= 11 is 1.67. The number of amides is 2. The van der Waals surface area contributed by atoms with Gasteiger partial charge in [-0.25, -0.2) is 4.98 Å². The van der Waals surface area contributed by atoms with Crippen molar-refractivity contribution in [3.8, 4) is 11.1 Å². The van der Waals surface area contributed by atoms with Gasteiger partial charge in [0.1, 0.15) is 0 Å². The van der Waals surface area contributed by atoms with Gasteiger partial charge < -0.3 is 35.5 Å². The minimum Gasteiger partial charge on any atom is -0.397 e. The van der Waals surface area contributed by atoms with Gasteiger partial charge in [-0.3, -0.25) is 9.59 Å². The average molecular weight is 734 g/mol. The van der Waals surface area contributed by atoms with Gasteiger partial charge in [-0.05, 0) is 64.9 Å². The van der Waals surface area contributed by atoms with Crippen LogP contribution in [0.15, 0.2) is 115 Å². The van der Waals surface area contributed by atoms with Crippen LogP contribution in [0.1, 0.15) is 73.2 Å². The average Bonchev–Trinajstić information content (AvgIpc) is 3.61. The van der Waals surface area contributed by atoms with Gasteiger partial charge in [0.05, 0.1) is 30.2 Å². The van der Waals surface area contributed by atoms with Gasteiger partial charge >= 0.3 is 0 Å². The summed E-state index contributed by atoms with van der Waals surface area (Å²) in [6.07, 6.45) is 6.59. The zero-order valence-corrected chi connectivity index (χ0v) is 30.8. The minimum atomic E-state index is -0.572. The standard InChI is InChI=1S/C42H47N5O5S/c1-47-22-21-44-42(47)53-28-35-25-38(31-19-17-29(27-48)18-20-31)52-41(51-35)34-12-8-11-33(24-34)32-10-7-9-30(23-32)26-45-39(49)15-3-2-4-16-40(50)46-37-14-6-5-13-36(37)43/h5-14,17-24,35,38,41,48H,2-4,15-16,25-28,43H2,1H3,(H,45,49)(H,46,50). The lowest BCUT2D eigenvalue weighted by Gasteiger charge is -2.36. The first-order valence-corrected chi connectivity index (χ1v) is 19.0. The number of nitrogens with zero attached hydrogens (tertiary/aromatic N) is 2. The molecule has 4 aromatic carbocycles. The minimum absolute atomic E-state index is 0.00358. The number of rotatable bonds is 16. The number of hydrogen-bond donors (Lipinski definition) is 4. The molecule has 5 aromatic rings. The van der Waals surface area contributed by atoms with Crippen molar-refractivity contribution in [3.63, 3.8) is 0 Å². The van der Waals surface area contributed by atoms with E-state index in [0.717, 1.165) is 50.7 Å². The topological polar surface area (TPSA) is 141 Å². The first kappa shape index (κ1) is 37.8. The molecule has 10 nitrogen and oxygen atoms in total. The smallest absolute Gasteiger partial charge is 0.224 e. The molecule has 1 fully saturated rings. The number of imidazole rings is 1. The molecule has 276 valence electrons. The summed E-state index contributed by atoms with van der Waals surface area (Å²) in [6, 6.07) is 31.5. The molecule has 3 atom stereocenters. The molecule has 2 amide bonds. The third kappa shape index (κ3) is 10.8. The van der Waals surface area contributed by atoms with E-state index in [1.165, 1.54) is 0 Å². The molecule has 0 spiro atoms. The number of hydrogen-bond acceptors (Lipinski definition) is 8. The molecule has 6 rings (SSSR count). The van der Waals surface area contributed by atoms with E-state index in [2.05, 4.69) is 39.9 Å². The second kappa shape index (κ2) is 18.7. The zero-order chi connectivity index (χ0) is 37.0. The summed E-state index contributed by atoms with van der Waals surface area (Å²) in [5.41, 5.74) is 12.9. The number of carbonyl (C=O) groups is 2. The number of nitrogens with one attached hydrogen (secondary N) is 2. The second-order valence-electron chi connectivity index (χ2n) is 13.3. The van der Waals surface area contributed by atoms with E-state index in [1.54, 1.807) is 30.1 Å². The fraction of sp³-hybridized carbons (Fsp3) is 0.310. The van der Waals surface area contributed by atoms with Gasteiger partial charge in [0.15, 0.2) is 11.4 Å². The maximum Gasteiger partial charge on any atom is 0.224 e. The first-order valence-electron chi connectivity index (χ1n) is 18.1. The number of thioether (sulfide) groups is 1. The number of benzene rings is 4. The number of carbonyl (C=O) groups excluding carboxylic acids is 2. The number of para-hydroxylation sites is 2. The Morgan fingerprint density at radius 3 is 2.38 bits per heavy atom. The number of aryl methyl sites for hydroxylation is 1. The summed E-state index contributed by atoms with van der Waals surface area (Å²) in [7, 11) is 1.99. The van der Waals surface area contributed by atoms with Crippen LogP contribution in [0.25, 0.3) is 11.1 Å². The number of unbranched alkanes of at least 4 members (excludes halogenated alkanes) is 2. The van der Waals surface area contributed by atoms with E-state index in [-0.39, 0.29) is 30.6 Å². The molecular formula is C42H47N5O5S. The lowest BCUT2D eigenvalue weighted by molar-refractivity contribution is -0.245. The van der Waals surface area contributed by atoms with E-state index >= 15 is 0 Å². The molecule has 0 radical (unpaired) electrons. The highest BCUT2D eigenvalue weighted by atomic mass is 32.2. The molecule has 1 aliphatic rings. The van der Waals surface area contributed by atoms with E-state index in [4.69, 9.17) is 15.2 Å². The van der Waals surface area contributed by atoms with Crippen molar-refractivity contribution in [2.75, 3.05) is 16.8 Å². The number of aliphatic hydroxyl groups excluding tert-OH is 1. The van der Waals surface area contributed by atoms with Gasteiger partial charge in [0, 0.05) is 56.6 Å². The zero-order valence-electron chi connectivity index (χ0n) is 29.9. The predicted molar refractivity (Wildman–Crippen MR) is 209 cm³/mol. The van der Waals surface area contributed by atoms with Crippen LogP contribution in [0.2, 0.25) is 0 Å². The fourth-order valence-electron chi connectivity index (χ4n) is 6.27. The normalized spacial score (nSPS) is 17.0. The van der Waals surface area contributed by atoms with Crippen molar-refractivity contribution in [1.29, 1.82) is 0 Å². The Morgan fingerprint density at radius 1 is 0.868 bits per heavy atom. The van der Waals surface area contributed by atoms with Crippen molar-refractivity contribution >= 4 is 35.0 Å². The van der Waals surface area contributed by atoms with E-state index in [9.17, 15) is 14.7 Å². The molecule has 5 N–H and O–H groups in total. The molecule has 11 heteroatoms. The highest BCUT2D eigenvalue weighted by molar-refractivity contribution is 7.99. The van der Waals surface area contributed by atoms with Gasteiger partial charge in [0.2, 0.25) is 11.8 Å². The number of nitrogens with two attached hydrogens (primary N) is 1. The van der Waals surface area contributed by atoms with Crippen molar-refractivity contribution < 1.29 is 24.2 Å². The molecule has 0 saturated carbocycles. The number of aliphatic hydroxyl groups is 1. The number of nitrogen functional groups attached to an aromatic ring is 1. The van der Waals surface area contributed by atoms with E-state index in [1.807, 2.05) is 78.5 Å². The van der Waals surface area contributed by atoms with Gasteiger partial charge in [-0.1, -0.05) is 91.0 Å². The highest BCUT2D eigenvalue weighted by Crippen LogP contribution is 2.40. The van der Waals surface area contributed by atoms with Crippen LogP contribution >= 0.6 is 11.8 Å². The largest absolute Gasteiger partial charge is 0.397 e. The number of ether oxygens (including phenoxy) is 2. The van der Waals surface area contributed by atoms with E-state index in [0.29, 0.717) is 50.0 Å². The van der Waals surface area contributed by atoms with Crippen LogP contribution in [0.3, 0.4) is 0 Å². The first-order chi connectivity index (χ1) is 25.8. The molecule has 1 saturated heterocycles. The summed E-state index contributed by atoms with van der Waals surface area (Å²) in [6.45, 7) is 0.421. The molecule has 2 heterocycles. The van der Waals surface area contributed by atoms with Gasteiger partial charge in [0.25, 0.3) is 0 Å². The van der Waals surface area contributed by atoms with Crippen molar-refractivity contribution in [3.05, 3.63) is 132 Å². The summed E-state index contributed by atoms with van der Waals surface area (Å²) < 4.78 is 15.2. The Hall–Kier alpha value is -4.94. The molecule has 3 unspecified atom stereocenters. The Morgan fingerprint density at radius 2 is 1.62 bits per heavy atom. The number of aromatic nitrogens is 2. The van der Waals surface area contributed by atoms with Crippen LogP contribution in [0.5, 0.6) is 0 Å². The van der Waals surface area contributed by atoms with Crippen LogP contribution in [0.4, 0.5) is 11.4 Å². The Labute approximate surface area is 315 Å². The predicted octanol–water partition coefficient (Wildman–Crippen LogP) is 7.70. The lowest BCUT2D eigenvalue weighted by atomic mass is 9.99. The molecule has 0 aliphatic carbocycles. The quantitative estimate of drug-likeness (QED) is 0.0460. The SMILES string of the molecule is Cn1ccnc1SCC1CC(c2ccc(CO)cc2)OC(c2cccc(-c3cccc(CNC(=O)CCCCCC(=O)Nc4ccccc4N)c3)c2)O1. The molecule has 1 aliphatic heterocycles. The monoisotopic (exact) mass is 733 g/mol. The van der Waals surface area contributed by atoms with Gasteiger partial charge in [-0.2, -0.15) is 0 Å².